The Kier molecular flexibility index (Phi) is 2.53. The Labute approximate surface area is 126 Å². The molecule has 4 heteroatoms. The highest BCUT2D eigenvalue weighted by atomic mass is 16.2. The van der Waals surface area contributed by atoms with Gasteiger partial charge in [0.15, 0.2) is 0 Å². The number of carbonyl (C=O) groups excluding carboxylic acids is 2. The Hall–Kier alpha value is -3.14. The first-order chi connectivity index (χ1) is 10.7. The third-order valence-corrected chi connectivity index (χ3v) is 3.97. The van der Waals surface area contributed by atoms with Crippen LogP contribution in [0.5, 0.6) is 0 Å². The first kappa shape index (κ1) is 12.6. The minimum absolute atomic E-state index is 0.296. The average Bonchev–Trinajstić information content (AvgIpc) is 2.80. The summed E-state index contributed by atoms with van der Waals surface area (Å²) < 4.78 is 0. The van der Waals surface area contributed by atoms with E-state index < -0.39 is 0 Å². The van der Waals surface area contributed by atoms with Crippen molar-refractivity contribution < 1.29 is 9.59 Å². The quantitative estimate of drug-likeness (QED) is 0.552. The molecule has 0 bridgehead atoms. The van der Waals surface area contributed by atoms with E-state index in [-0.39, 0.29) is 11.8 Å². The number of nitrogen functional groups attached to an aromatic ring is 1. The van der Waals surface area contributed by atoms with E-state index in [0.717, 1.165) is 10.8 Å². The monoisotopic (exact) mass is 288 g/mol. The zero-order chi connectivity index (χ0) is 15.3. The van der Waals surface area contributed by atoms with E-state index in [0.29, 0.717) is 22.5 Å². The summed E-state index contributed by atoms with van der Waals surface area (Å²) in [5.41, 5.74) is 8.05. The van der Waals surface area contributed by atoms with Gasteiger partial charge in [0.1, 0.15) is 0 Å². The number of nitrogens with zero attached hydrogens (tertiary/aromatic N) is 1. The van der Waals surface area contributed by atoms with Crippen molar-refractivity contribution in [1.82, 2.24) is 0 Å². The SMILES string of the molecule is Nc1cccc2c(N3C(=O)c4ccccc4C3=O)cccc12. The Bertz CT molecular complexity index is 912. The van der Waals surface area contributed by atoms with Crippen molar-refractivity contribution in [2.45, 2.75) is 0 Å². The lowest BCUT2D eigenvalue weighted by Crippen LogP contribution is -2.29. The number of benzene rings is 3. The number of fused-ring (bicyclic) bond motifs is 2. The van der Waals surface area contributed by atoms with Crippen LogP contribution in [0.3, 0.4) is 0 Å². The van der Waals surface area contributed by atoms with Gasteiger partial charge < -0.3 is 5.73 Å². The fraction of sp³-hybridized carbons (Fsp3) is 0. The van der Waals surface area contributed by atoms with Crippen molar-refractivity contribution in [3.63, 3.8) is 0 Å². The Morgan fingerprint density at radius 3 is 1.95 bits per heavy atom. The highest BCUT2D eigenvalue weighted by Crippen LogP contribution is 2.35. The number of amides is 2. The Morgan fingerprint density at radius 2 is 1.27 bits per heavy atom. The summed E-state index contributed by atoms with van der Waals surface area (Å²) in [4.78, 5) is 26.4. The number of imide groups is 1. The van der Waals surface area contributed by atoms with Crippen LogP contribution in [-0.2, 0) is 0 Å². The molecule has 0 atom stereocenters. The van der Waals surface area contributed by atoms with Crippen molar-refractivity contribution in [3.8, 4) is 0 Å². The predicted octanol–water partition coefficient (Wildman–Crippen LogP) is 3.22. The second-order valence-electron chi connectivity index (χ2n) is 5.21. The molecule has 2 amide bonds. The van der Waals surface area contributed by atoms with Crippen molar-refractivity contribution in [3.05, 3.63) is 71.8 Å². The van der Waals surface area contributed by atoms with Crippen LogP contribution in [0.1, 0.15) is 20.7 Å². The van der Waals surface area contributed by atoms with Crippen LogP contribution in [0.15, 0.2) is 60.7 Å². The number of carbonyl (C=O) groups is 2. The van der Waals surface area contributed by atoms with Crippen LogP contribution in [0.25, 0.3) is 10.8 Å². The van der Waals surface area contributed by atoms with E-state index in [1.165, 1.54) is 4.90 Å². The second-order valence-corrected chi connectivity index (χ2v) is 5.21. The zero-order valence-corrected chi connectivity index (χ0v) is 11.6. The molecule has 0 fully saturated rings. The van der Waals surface area contributed by atoms with Gasteiger partial charge in [0, 0.05) is 16.5 Å². The summed E-state index contributed by atoms with van der Waals surface area (Å²) in [6, 6.07) is 17.8. The molecule has 0 aromatic heterocycles. The lowest BCUT2D eigenvalue weighted by molar-refractivity contribution is 0.0926. The molecule has 1 heterocycles. The van der Waals surface area contributed by atoms with Gasteiger partial charge in [-0.1, -0.05) is 36.4 Å². The minimum Gasteiger partial charge on any atom is -0.398 e. The first-order valence-electron chi connectivity index (χ1n) is 6.93. The maximum Gasteiger partial charge on any atom is 0.266 e. The lowest BCUT2D eigenvalue weighted by Gasteiger charge is -2.17. The fourth-order valence-corrected chi connectivity index (χ4v) is 2.92. The third-order valence-electron chi connectivity index (χ3n) is 3.97. The summed E-state index contributed by atoms with van der Waals surface area (Å²) in [6.45, 7) is 0. The smallest absolute Gasteiger partial charge is 0.266 e. The van der Waals surface area contributed by atoms with Gasteiger partial charge >= 0.3 is 0 Å². The summed E-state index contributed by atoms with van der Waals surface area (Å²) in [5, 5.41) is 1.62. The van der Waals surface area contributed by atoms with Crippen LogP contribution in [0.4, 0.5) is 11.4 Å². The highest BCUT2D eigenvalue weighted by molar-refractivity contribution is 6.36. The molecule has 22 heavy (non-hydrogen) atoms. The molecule has 106 valence electrons. The molecular weight excluding hydrogens is 276 g/mol. The largest absolute Gasteiger partial charge is 0.398 e. The number of rotatable bonds is 1. The van der Waals surface area contributed by atoms with Crippen molar-refractivity contribution in [2.75, 3.05) is 10.6 Å². The Morgan fingerprint density at radius 1 is 0.682 bits per heavy atom. The minimum atomic E-state index is -0.296. The predicted molar refractivity (Wildman–Crippen MR) is 85.9 cm³/mol. The zero-order valence-electron chi connectivity index (χ0n) is 11.6. The van der Waals surface area contributed by atoms with Crippen LogP contribution in [0, 0.1) is 0 Å². The molecule has 3 aromatic rings. The fourth-order valence-electron chi connectivity index (χ4n) is 2.92. The lowest BCUT2D eigenvalue weighted by atomic mass is 10.1. The van der Waals surface area contributed by atoms with Crippen LogP contribution >= 0.6 is 0 Å². The van der Waals surface area contributed by atoms with Gasteiger partial charge in [0.25, 0.3) is 11.8 Å². The van der Waals surface area contributed by atoms with Crippen molar-refractivity contribution in [1.29, 1.82) is 0 Å². The standard InChI is InChI=1S/C18H12N2O2/c19-15-9-3-8-12-11(15)7-4-10-16(12)20-17(21)13-5-1-2-6-14(13)18(20)22/h1-10H,19H2. The van der Waals surface area contributed by atoms with Crippen LogP contribution in [0.2, 0.25) is 0 Å². The molecular formula is C18H12N2O2. The van der Waals surface area contributed by atoms with Gasteiger partial charge in [0.2, 0.25) is 0 Å². The number of anilines is 2. The van der Waals surface area contributed by atoms with Crippen LogP contribution in [-0.4, -0.2) is 11.8 Å². The molecule has 0 unspecified atom stereocenters. The van der Waals surface area contributed by atoms with E-state index in [2.05, 4.69) is 0 Å². The maximum atomic E-state index is 12.6. The molecule has 4 rings (SSSR count). The van der Waals surface area contributed by atoms with Gasteiger partial charge in [-0.3, -0.25) is 9.59 Å². The molecule has 4 nitrogen and oxygen atoms in total. The topological polar surface area (TPSA) is 63.4 Å². The third kappa shape index (κ3) is 1.58. The number of hydrogen-bond donors (Lipinski definition) is 1. The molecule has 0 radical (unpaired) electrons. The Balaban J connectivity index is 1.97. The number of nitrogens with two attached hydrogens (primary N) is 1. The van der Waals surface area contributed by atoms with Gasteiger partial charge in [-0.15, -0.1) is 0 Å². The van der Waals surface area contributed by atoms with Crippen molar-refractivity contribution >= 4 is 34.0 Å². The van der Waals surface area contributed by atoms with Gasteiger partial charge in [-0.25, -0.2) is 4.90 Å². The van der Waals surface area contributed by atoms with E-state index in [9.17, 15) is 9.59 Å². The molecule has 0 aliphatic carbocycles. The van der Waals surface area contributed by atoms with E-state index in [1.54, 1.807) is 42.5 Å². The normalized spacial score (nSPS) is 13.7. The van der Waals surface area contributed by atoms with Gasteiger partial charge in [-0.2, -0.15) is 0 Å². The molecule has 0 spiro atoms. The van der Waals surface area contributed by atoms with Crippen LogP contribution < -0.4 is 10.6 Å². The molecule has 1 aliphatic rings. The molecule has 0 saturated heterocycles. The first-order valence-corrected chi connectivity index (χ1v) is 6.93. The molecule has 1 aliphatic heterocycles. The second kappa shape index (κ2) is 4.43. The molecule has 2 N–H and O–H groups in total. The van der Waals surface area contributed by atoms with E-state index in [4.69, 9.17) is 5.73 Å². The summed E-state index contributed by atoms with van der Waals surface area (Å²) in [6.07, 6.45) is 0. The number of hydrogen-bond acceptors (Lipinski definition) is 3. The average molecular weight is 288 g/mol. The highest BCUT2D eigenvalue weighted by Gasteiger charge is 2.36. The summed E-state index contributed by atoms with van der Waals surface area (Å²) >= 11 is 0. The van der Waals surface area contributed by atoms with E-state index in [1.807, 2.05) is 18.2 Å². The summed E-state index contributed by atoms with van der Waals surface area (Å²) in [7, 11) is 0. The summed E-state index contributed by atoms with van der Waals surface area (Å²) in [5.74, 6) is -0.592. The molecule has 0 saturated carbocycles. The molecule has 3 aromatic carbocycles. The van der Waals surface area contributed by atoms with E-state index >= 15 is 0 Å². The van der Waals surface area contributed by atoms with Gasteiger partial charge in [0.05, 0.1) is 16.8 Å². The van der Waals surface area contributed by atoms with Gasteiger partial charge in [-0.05, 0) is 24.3 Å². The maximum absolute atomic E-state index is 12.6. The van der Waals surface area contributed by atoms with Crippen molar-refractivity contribution in [2.24, 2.45) is 0 Å².